The molecule has 0 aliphatic heterocycles. The van der Waals surface area contributed by atoms with Crippen molar-refractivity contribution in [2.45, 2.75) is 13.3 Å². The van der Waals surface area contributed by atoms with Crippen LogP contribution in [0.4, 0.5) is 0 Å². The summed E-state index contributed by atoms with van der Waals surface area (Å²) in [5, 5.41) is 0.750. The molecule has 1 heterocycles. The number of allylic oxidation sites excluding steroid dienone is 3. The minimum atomic E-state index is -0.382. The van der Waals surface area contributed by atoms with Crippen LogP contribution in [0.3, 0.4) is 0 Å². The van der Waals surface area contributed by atoms with Crippen LogP contribution >= 0.6 is 23.2 Å². The fourth-order valence-electron chi connectivity index (χ4n) is 1.88. The highest BCUT2D eigenvalue weighted by Crippen LogP contribution is 2.33. The van der Waals surface area contributed by atoms with E-state index in [4.69, 9.17) is 27.9 Å². The third kappa shape index (κ3) is 3.33. The van der Waals surface area contributed by atoms with E-state index in [-0.39, 0.29) is 17.2 Å². The molecule has 1 aliphatic carbocycles. The third-order valence-corrected chi connectivity index (χ3v) is 3.20. The lowest BCUT2D eigenvalue weighted by molar-refractivity contribution is -0.145. The Kier molecular flexibility index (Phi) is 4.56. The molecular formula is C13H12Cl2N2O2. The lowest BCUT2D eigenvalue weighted by Crippen LogP contribution is -2.20. The topological polar surface area (TPSA) is 52.1 Å². The van der Waals surface area contributed by atoms with E-state index in [0.717, 1.165) is 5.57 Å². The van der Waals surface area contributed by atoms with Crippen LogP contribution in [0.5, 0.6) is 0 Å². The number of hydrogen-bond donors (Lipinski definition) is 0. The van der Waals surface area contributed by atoms with E-state index in [0.29, 0.717) is 23.6 Å². The molecular weight excluding hydrogens is 287 g/mol. The number of carbonyl (C=O) groups is 1. The molecule has 0 saturated carbocycles. The number of nitrogens with zero attached hydrogens (tertiary/aromatic N) is 2. The third-order valence-electron chi connectivity index (χ3n) is 2.74. The first-order chi connectivity index (χ1) is 9.11. The smallest absolute Gasteiger partial charge is 0.313 e. The first-order valence-corrected chi connectivity index (χ1v) is 6.59. The molecule has 0 saturated heterocycles. The van der Waals surface area contributed by atoms with Crippen LogP contribution in [0.15, 0.2) is 29.6 Å². The lowest BCUT2D eigenvalue weighted by atomic mass is 9.88. The monoisotopic (exact) mass is 298 g/mol. The Hall–Kier alpha value is -1.39. The Balaban J connectivity index is 2.34. The van der Waals surface area contributed by atoms with Gasteiger partial charge >= 0.3 is 5.97 Å². The first-order valence-electron chi connectivity index (χ1n) is 5.83. The fourth-order valence-corrected chi connectivity index (χ4v) is 2.18. The Morgan fingerprint density at radius 1 is 1.42 bits per heavy atom. The molecule has 1 atom stereocenters. The standard InChI is InChI=1S/C13H12Cl2N2O2/c1-2-19-12(18)10-4-3-9(14)5-11(10)8-6-16-13(15)17-7-8/h3,5-7,10H,2,4H2,1H3. The van der Waals surface area contributed by atoms with Gasteiger partial charge in [-0.3, -0.25) is 4.79 Å². The van der Waals surface area contributed by atoms with Gasteiger partial charge < -0.3 is 4.74 Å². The second kappa shape index (κ2) is 6.17. The Morgan fingerprint density at radius 2 is 2.11 bits per heavy atom. The summed E-state index contributed by atoms with van der Waals surface area (Å²) >= 11 is 11.7. The van der Waals surface area contributed by atoms with E-state index in [1.165, 1.54) is 0 Å². The van der Waals surface area contributed by atoms with Gasteiger partial charge in [-0.05, 0) is 36.6 Å². The first kappa shape index (κ1) is 14.0. The molecule has 4 nitrogen and oxygen atoms in total. The van der Waals surface area contributed by atoms with E-state index >= 15 is 0 Å². The summed E-state index contributed by atoms with van der Waals surface area (Å²) in [4.78, 5) is 19.8. The summed E-state index contributed by atoms with van der Waals surface area (Å²) in [7, 11) is 0. The highest BCUT2D eigenvalue weighted by Gasteiger charge is 2.27. The number of hydrogen-bond acceptors (Lipinski definition) is 4. The number of aromatic nitrogens is 2. The number of ether oxygens (including phenoxy) is 1. The Morgan fingerprint density at radius 3 is 2.74 bits per heavy atom. The van der Waals surface area contributed by atoms with Gasteiger partial charge in [-0.2, -0.15) is 0 Å². The van der Waals surface area contributed by atoms with Crippen molar-refractivity contribution in [2.75, 3.05) is 6.61 Å². The van der Waals surface area contributed by atoms with E-state index in [1.54, 1.807) is 31.5 Å². The van der Waals surface area contributed by atoms with Gasteiger partial charge in [0.1, 0.15) is 0 Å². The lowest BCUT2D eigenvalue weighted by Gasteiger charge is -2.20. The summed E-state index contributed by atoms with van der Waals surface area (Å²) in [6, 6.07) is 0. The molecule has 0 N–H and O–H groups in total. The number of carbonyl (C=O) groups excluding carboxylic acids is 1. The second-order valence-electron chi connectivity index (χ2n) is 3.97. The van der Waals surface area contributed by atoms with Crippen LogP contribution in [-0.4, -0.2) is 22.5 Å². The van der Waals surface area contributed by atoms with Crippen molar-refractivity contribution in [3.63, 3.8) is 0 Å². The predicted octanol–water partition coefficient (Wildman–Crippen LogP) is 3.22. The molecule has 100 valence electrons. The van der Waals surface area contributed by atoms with Crippen LogP contribution in [-0.2, 0) is 9.53 Å². The van der Waals surface area contributed by atoms with Gasteiger partial charge in [0.05, 0.1) is 12.5 Å². The van der Waals surface area contributed by atoms with Crippen LogP contribution in [0.25, 0.3) is 5.57 Å². The highest BCUT2D eigenvalue weighted by molar-refractivity contribution is 6.32. The molecule has 1 unspecified atom stereocenters. The minimum absolute atomic E-state index is 0.162. The van der Waals surface area contributed by atoms with Crippen LogP contribution in [0.2, 0.25) is 5.28 Å². The molecule has 1 aliphatic rings. The second-order valence-corrected chi connectivity index (χ2v) is 4.74. The molecule has 0 radical (unpaired) electrons. The maximum Gasteiger partial charge on any atom is 0.313 e. The molecule has 19 heavy (non-hydrogen) atoms. The summed E-state index contributed by atoms with van der Waals surface area (Å²) in [6.07, 6.45) is 7.18. The van der Waals surface area contributed by atoms with Crippen molar-refractivity contribution < 1.29 is 9.53 Å². The van der Waals surface area contributed by atoms with Gasteiger partial charge in [-0.15, -0.1) is 0 Å². The average molecular weight is 299 g/mol. The van der Waals surface area contributed by atoms with Gasteiger partial charge in [-0.25, -0.2) is 9.97 Å². The quantitative estimate of drug-likeness (QED) is 0.635. The molecule has 1 aromatic heterocycles. The summed E-state index contributed by atoms with van der Waals surface area (Å²) in [6.45, 7) is 2.12. The fraction of sp³-hybridized carbons (Fsp3) is 0.308. The molecule has 6 heteroatoms. The van der Waals surface area contributed by atoms with Crippen LogP contribution in [0.1, 0.15) is 18.9 Å². The highest BCUT2D eigenvalue weighted by atomic mass is 35.5. The van der Waals surface area contributed by atoms with Gasteiger partial charge in [-0.1, -0.05) is 17.7 Å². The van der Waals surface area contributed by atoms with Crippen molar-refractivity contribution in [1.82, 2.24) is 9.97 Å². The number of halogens is 2. The summed E-state index contributed by atoms with van der Waals surface area (Å²) < 4.78 is 5.07. The molecule has 0 aromatic carbocycles. The van der Waals surface area contributed by atoms with E-state index < -0.39 is 0 Å². The van der Waals surface area contributed by atoms with Crippen molar-refractivity contribution in [3.8, 4) is 0 Å². The number of esters is 1. The SMILES string of the molecule is CCOC(=O)C1CC=C(Cl)C=C1c1cnc(Cl)nc1. The maximum atomic E-state index is 12.0. The molecule has 2 rings (SSSR count). The Bertz CT molecular complexity index is 538. The van der Waals surface area contributed by atoms with E-state index in [2.05, 4.69) is 9.97 Å². The van der Waals surface area contributed by atoms with E-state index in [9.17, 15) is 4.79 Å². The largest absolute Gasteiger partial charge is 0.466 e. The van der Waals surface area contributed by atoms with Crippen molar-refractivity contribution in [2.24, 2.45) is 5.92 Å². The zero-order valence-electron chi connectivity index (χ0n) is 10.3. The molecule has 0 amide bonds. The van der Waals surface area contributed by atoms with Gasteiger partial charge in [0.2, 0.25) is 5.28 Å². The van der Waals surface area contributed by atoms with Gasteiger partial charge in [0.25, 0.3) is 0 Å². The van der Waals surface area contributed by atoms with Gasteiger partial charge in [0, 0.05) is 23.0 Å². The summed E-state index contributed by atoms with van der Waals surface area (Å²) in [5.74, 6) is -0.656. The van der Waals surface area contributed by atoms with Gasteiger partial charge in [0.15, 0.2) is 0 Å². The van der Waals surface area contributed by atoms with Crippen molar-refractivity contribution >= 4 is 34.7 Å². The summed E-state index contributed by atoms with van der Waals surface area (Å²) in [5.41, 5.74) is 1.47. The van der Waals surface area contributed by atoms with Crippen LogP contribution < -0.4 is 0 Å². The van der Waals surface area contributed by atoms with Crippen molar-refractivity contribution in [1.29, 1.82) is 0 Å². The average Bonchev–Trinajstić information content (AvgIpc) is 2.39. The van der Waals surface area contributed by atoms with Crippen molar-refractivity contribution in [3.05, 3.63) is 40.4 Å². The molecule has 0 bridgehead atoms. The maximum absolute atomic E-state index is 12.0. The van der Waals surface area contributed by atoms with E-state index in [1.807, 2.05) is 0 Å². The number of rotatable bonds is 3. The minimum Gasteiger partial charge on any atom is -0.466 e. The zero-order valence-corrected chi connectivity index (χ0v) is 11.8. The molecule has 0 fully saturated rings. The zero-order chi connectivity index (χ0) is 13.8. The van der Waals surface area contributed by atoms with Crippen LogP contribution in [0, 0.1) is 5.92 Å². The molecule has 0 spiro atoms. The predicted molar refractivity (Wildman–Crippen MR) is 73.7 cm³/mol. The Labute approximate surface area is 121 Å². The normalized spacial score (nSPS) is 18.6. The molecule has 1 aromatic rings.